The Morgan fingerprint density at radius 3 is 2.59 bits per heavy atom. The van der Waals surface area contributed by atoms with E-state index in [0.29, 0.717) is 11.2 Å². The molecule has 0 amide bonds. The molecular weight excluding hydrogens is 242 g/mol. The standard InChI is InChI=1S/C11H13NO4S/c1-7(14)8(2)17-11-4-3-9(6-13)5-10(11)12(15)16/h3-8,14H,1-2H3. The summed E-state index contributed by atoms with van der Waals surface area (Å²) in [5.74, 6) is 0. The summed E-state index contributed by atoms with van der Waals surface area (Å²) in [5.41, 5.74) is 0.165. The van der Waals surface area contributed by atoms with E-state index in [0.717, 1.165) is 0 Å². The van der Waals surface area contributed by atoms with Crippen LogP contribution in [-0.4, -0.2) is 27.7 Å². The number of hydrogen-bond acceptors (Lipinski definition) is 5. The second kappa shape index (κ2) is 5.79. The Bertz CT molecular complexity index is 433. The molecule has 2 atom stereocenters. The molecule has 1 aromatic carbocycles. The van der Waals surface area contributed by atoms with Gasteiger partial charge >= 0.3 is 0 Å². The Morgan fingerprint density at radius 2 is 2.12 bits per heavy atom. The fourth-order valence-electron chi connectivity index (χ4n) is 1.15. The summed E-state index contributed by atoms with van der Waals surface area (Å²) in [6.07, 6.45) is 0.00450. The lowest BCUT2D eigenvalue weighted by Crippen LogP contribution is -2.15. The van der Waals surface area contributed by atoms with Gasteiger partial charge in [0.15, 0.2) is 0 Å². The number of benzene rings is 1. The minimum absolute atomic E-state index is 0.105. The van der Waals surface area contributed by atoms with Crippen LogP contribution >= 0.6 is 11.8 Å². The second-order valence-electron chi connectivity index (χ2n) is 3.67. The van der Waals surface area contributed by atoms with E-state index >= 15 is 0 Å². The van der Waals surface area contributed by atoms with Crippen LogP contribution in [0, 0.1) is 10.1 Å². The third-order valence-electron chi connectivity index (χ3n) is 2.31. The Kier molecular flexibility index (Phi) is 4.65. The van der Waals surface area contributed by atoms with Crippen LogP contribution in [0.1, 0.15) is 24.2 Å². The van der Waals surface area contributed by atoms with E-state index in [1.807, 2.05) is 0 Å². The summed E-state index contributed by atoms with van der Waals surface area (Å²) in [6.45, 7) is 3.41. The molecule has 0 heterocycles. The molecule has 6 heteroatoms. The molecule has 0 aliphatic rings. The number of nitrogens with zero attached hydrogens (tertiary/aromatic N) is 1. The summed E-state index contributed by atoms with van der Waals surface area (Å²) in [7, 11) is 0. The first-order valence-electron chi connectivity index (χ1n) is 5.04. The zero-order chi connectivity index (χ0) is 13.0. The van der Waals surface area contributed by atoms with Crippen molar-refractivity contribution in [3.63, 3.8) is 0 Å². The highest BCUT2D eigenvalue weighted by Crippen LogP contribution is 2.33. The molecule has 1 rings (SSSR count). The number of carbonyl (C=O) groups is 1. The van der Waals surface area contributed by atoms with Gasteiger partial charge < -0.3 is 5.11 Å². The number of rotatable bonds is 5. The van der Waals surface area contributed by atoms with Gasteiger partial charge in [-0.1, -0.05) is 13.0 Å². The van der Waals surface area contributed by atoms with Crippen molar-refractivity contribution in [3.05, 3.63) is 33.9 Å². The van der Waals surface area contributed by atoms with E-state index in [9.17, 15) is 20.0 Å². The summed E-state index contributed by atoms with van der Waals surface area (Å²) >= 11 is 1.22. The third-order valence-corrected chi connectivity index (χ3v) is 3.67. The van der Waals surface area contributed by atoms with Gasteiger partial charge in [0.2, 0.25) is 0 Å². The van der Waals surface area contributed by atoms with E-state index in [-0.39, 0.29) is 16.5 Å². The number of thioether (sulfide) groups is 1. The van der Waals surface area contributed by atoms with Gasteiger partial charge in [0.1, 0.15) is 6.29 Å². The van der Waals surface area contributed by atoms with Crippen LogP contribution in [0.2, 0.25) is 0 Å². The SMILES string of the molecule is CC(O)C(C)Sc1ccc(C=O)cc1[N+](=O)[O-]. The minimum Gasteiger partial charge on any atom is -0.392 e. The predicted octanol–water partition coefficient (Wildman–Crippen LogP) is 2.27. The molecule has 0 fully saturated rings. The smallest absolute Gasteiger partial charge is 0.283 e. The summed E-state index contributed by atoms with van der Waals surface area (Å²) in [4.78, 5) is 21.3. The van der Waals surface area contributed by atoms with Crippen molar-refractivity contribution in [2.45, 2.75) is 30.1 Å². The molecule has 1 aromatic rings. The van der Waals surface area contributed by atoms with Crippen LogP contribution in [0.15, 0.2) is 23.1 Å². The first-order chi connectivity index (χ1) is 7.95. The van der Waals surface area contributed by atoms with Gasteiger partial charge in [-0.25, -0.2) is 0 Å². The zero-order valence-corrected chi connectivity index (χ0v) is 10.3. The molecule has 0 aromatic heterocycles. The molecule has 92 valence electrons. The molecule has 0 saturated carbocycles. The molecular formula is C11H13NO4S. The van der Waals surface area contributed by atoms with Crippen LogP contribution in [0.25, 0.3) is 0 Å². The van der Waals surface area contributed by atoms with Crippen LogP contribution in [0.5, 0.6) is 0 Å². The summed E-state index contributed by atoms with van der Waals surface area (Å²) in [6, 6.07) is 4.30. The van der Waals surface area contributed by atoms with Crippen LogP contribution in [0.3, 0.4) is 0 Å². The average molecular weight is 255 g/mol. The number of aliphatic hydroxyl groups is 1. The van der Waals surface area contributed by atoms with Crippen LogP contribution in [0.4, 0.5) is 5.69 Å². The normalized spacial score (nSPS) is 14.1. The molecule has 0 radical (unpaired) electrons. The predicted molar refractivity (Wildman–Crippen MR) is 65.5 cm³/mol. The van der Waals surface area contributed by atoms with Gasteiger partial charge in [0.05, 0.1) is 15.9 Å². The van der Waals surface area contributed by atoms with Gasteiger partial charge in [-0.2, -0.15) is 0 Å². The maximum atomic E-state index is 10.9. The quantitative estimate of drug-likeness (QED) is 0.378. The number of nitro groups is 1. The lowest BCUT2D eigenvalue weighted by atomic mass is 10.2. The van der Waals surface area contributed by atoms with Crippen molar-refractivity contribution in [2.24, 2.45) is 0 Å². The Hall–Kier alpha value is -1.40. The molecule has 2 unspecified atom stereocenters. The van der Waals surface area contributed by atoms with Gasteiger partial charge in [0, 0.05) is 16.9 Å². The number of aliphatic hydroxyl groups excluding tert-OH is 1. The minimum atomic E-state index is -0.564. The second-order valence-corrected chi connectivity index (χ2v) is 5.08. The highest BCUT2D eigenvalue weighted by molar-refractivity contribution is 8.00. The van der Waals surface area contributed by atoms with Crippen LogP contribution in [-0.2, 0) is 0 Å². The Morgan fingerprint density at radius 1 is 1.47 bits per heavy atom. The summed E-state index contributed by atoms with van der Waals surface area (Å²) < 4.78 is 0. The maximum absolute atomic E-state index is 10.9. The number of hydrogen-bond donors (Lipinski definition) is 1. The number of nitro benzene ring substituents is 1. The Labute approximate surface area is 103 Å². The first-order valence-corrected chi connectivity index (χ1v) is 5.92. The van der Waals surface area contributed by atoms with Crippen molar-refractivity contribution in [3.8, 4) is 0 Å². The maximum Gasteiger partial charge on any atom is 0.283 e. The fraction of sp³-hybridized carbons (Fsp3) is 0.364. The van der Waals surface area contributed by atoms with Crippen molar-refractivity contribution >= 4 is 23.7 Å². The van der Waals surface area contributed by atoms with E-state index in [1.165, 1.54) is 30.0 Å². The number of carbonyl (C=O) groups excluding carboxylic acids is 1. The highest BCUT2D eigenvalue weighted by atomic mass is 32.2. The van der Waals surface area contributed by atoms with Crippen LogP contribution < -0.4 is 0 Å². The molecule has 0 saturated heterocycles. The topological polar surface area (TPSA) is 80.4 Å². The molecule has 0 spiro atoms. The van der Waals surface area contributed by atoms with E-state index in [2.05, 4.69) is 0 Å². The van der Waals surface area contributed by atoms with E-state index < -0.39 is 11.0 Å². The fourth-order valence-corrected chi connectivity index (χ4v) is 2.15. The van der Waals surface area contributed by atoms with E-state index in [4.69, 9.17) is 0 Å². The van der Waals surface area contributed by atoms with E-state index in [1.54, 1.807) is 13.8 Å². The van der Waals surface area contributed by atoms with Crippen molar-refractivity contribution in [1.29, 1.82) is 0 Å². The molecule has 0 aliphatic carbocycles. The lowest BCUT2D eigenvalue weighted by Gasteiger charge is -2.13. The summed E-state index contributed by atoms with van der Waals surface area (Å²) in [5, 5.41) is 20.1. The van der Waals surface area contributed by atoms with Crippen molar-refractivity contribution in [2.75, 3.05) is 0 Å². The molecule has 17 heavy (non-hydrogen) atoms. The molecule has 1 N–H and O–H groups in total. The number of aldehydes is 1. The first kappa shape index (κ1) is 13.7. The lowest BCUT2D eigenvalue weighted by molar-refractivity contribution is -0.387. The van der Waals surface area contributed by atoms with Gasteiger partial charge in [-0.3, -0.25) is 14.9 Å². The molecule has 0 bridgehead atoms. The molecule has 0 aliphatic heterocycles. The van der Waals surface area contributed by atoms with Gasteiger partial charge in [0.25, 0.3) is 5.69 Å². The van der Waals surface area contributed by atoms with Gasteiger partial charge in [-0.15, -0.1) is 11.8 Å². The third kappa shape index (κ3) is 3.54. The van der Waals surface area contributed by atoms with Crippen molar-refractivity contribution < 1.29 is 14.8 Å². The highest BCUT2D eigenvalue weighted by Gasteiger charge is 2.19. The molecule has 5 nitrogen and oxygen atoms in total. The van der Waals surface area contributed by atoms with Gasteiger partial charge in [-0.05, 0) is 13.0 Å². The zero-order valence-electron chi connectivity index (χ0n) is 9.49. The largest absolute Gasteiger partial charge is 0.392 e. The van der Waals surface area contributed by atoms with Crippen molar-refractivity contribution in [1.82, 2.24) is 0 Å². The average Bonchev–Trinajstić information content (AvgIpc) is 2.29. The Balaban J connectivity index is 3.06. The monoisotopic (exact) mass is 255 g/mol.